The van der Waals surface area contributed by atoms with E-state index in [1.807, 2.05) is 55.5 Å². The Labute approximate surface area is 125 Å². The van der Waals surface area contributed by atoms with E-state index < -0.39 is 5.41 Å². The van der Waals surface area contributed by atoms with Crippen LogP contribution in [-0.2, 0) is 16.6 Å². The normalized spacial score (nSPS) is 13.3. The van der Waals surface area contributed by atoms with Crippen LogP contribution in [0.3, 0.4) is 0 Å². The summed E-state index contributed by atoms with van der Waals surface area (Å²) < 4.78 is 10.3. The van der Waals surface area contributed by atoms with E-state index in [4.69, 9.17) is 9.47 Å². The van der Waals surface area contributed by atoms with E-state index in [0.717, 1.165) is 22.6 Å². The minimum absolute atomic E-state index is 0.590. The first-order valence-corrected chi connectivity index (χ1v) is 6.78. The van der Waals surface area contributed by atoms with Crippen molar-refractivity contribution in [2.24, 2.45) is 0 Å². The number of rotatable bonds is 6. The van der Waals surface area contributed by atoms with Gasteiger partial charge in [0.2, 0.25) is 6.29 Å². The minimum Gasteiger partial charge on any atom is -0.497 e. The van der Waals surface area contributed by atoms with Gasteiger partial charge in [-0.25, -0.2) is 0 Å². The molecule has 0 saturated carbocycles. The SMILES string of the molecule is COc1ccc(CC(C)([C]=O)c2ccc(OC)cc2)cc1. The van der Waals surface area contributed by atoms with Crippen LogP contribution in [-0.4, -0.2) is 20.5 Å². The Hall–Kier alpha value is -2.29. The molecule has 3 heteroatoms. The highest BCUT2D eigenvalue weighted by Crippen LogP contribution is 2.28. The highest BCUT2D eigenvalue weighted by atomic mass is 16.5. The summed E-state index contributed by atoms with van der Waals surface area (Å²) in [5, 5.41) is 0. The van der Waals surface area contributed by atoms with Gasteiger partial charge >= 0.3 is 0 Å². The summed E-state index contributed by atoms with van der Waals surface area (Å²) in [6, 6.07) is 15.3. The molecule has 0 bridgehead atoms. The molecule has 3 nitrogen and oxygen atoms in total. The van der Waals surface area contributed by atoms with Crippen LogP contribution in [0.2, 0.25) is 0 Å². The monoisotopic (exact) mass is 283 g/mol. The summed E-state index contributed by atoms with van der Waals surface area (Å²) in [5.41, 5.74) is 1.31. The number of benzene rings is 2. The number of ether oxygens (including phenoxy) is 2. The lowest BCUT2D eigenvalue weighted by molar-refractivity contribution is 0.414. The third-order valence-electron chi connectivity index (χ3n) is 3.67. The number of methoxy groups -OCH3 is 2. The second-order valence-electron chi connectivity index (χ2n) is 5.19. The molecule has 0 aromatic heterocycles. The molecule has 2 rings (SSSR count). The maximum absolute atomic E-state index is 11.5. The molecule has 0 aliphatic carbocycles. The lowest BCUT2D eigenvalue weighted by atomic mass is 9.78. The molecule has 0 fully saturated rings. The fourth-order valence-electron chi connectivity index (χ4n) is 2.31. The van der Waals surface area contributed by atoms with Crippen LogP contribution in [0.25, 0.3) is 0 Å². The summed E-state index contributed by atoms with van der Waals surface area (Å²) >= 11 is 0. The van der Waals surface area contributed by atoms with E-state index in [-0.39, 0.29) is 0 Å². The van der Waals surface area contributed by atoms with Crippen molar-refractivity contribution in [3.8, 4) is 11.5 Å². The Balaban J connectivity index is 2.24. The van der Waals surface area contributed by atoms with E-state index in [1.54, 1.807) is 14.2 Å². The zero-order valence-electron chi connectivity index (χ0n) is 12.6. The Morgan fingerprint density at radius 1 is 0.905 bits per heavy atom. The van der Waals surface area contributed by atoms with Gasteiger partial charge in [0.25, 0.3) is 0 Å². The topological polar surface area (TPSA) is 35.5 Å². The van der Waals surface area contributed by atoms with Gasteiger partial charge in [0.1, 0.15) is 11.5 Å². The molecule has 0 spiro atoms. The zero-order valence-corrected chi connectivity index (χ0v) is 12.6. The van der Waals surface area contributed by atoms with Crippen LogP contribution in [0, 0.1) is 0 Å². The molecule has 1 atom stereocenters. The summed E-state index contributed by atoms with van der Waals surface area (Å²) in [6.07, 6.45) is 2.78. The molecule has 21 heavy (non-hydrogen) atoms. The van der Waals surface area contributed by atoms with Gasteiger partial charge in [0, 0.05) is 0 Å². The van der Waals surface area contributed by atoms with E-state index >= 15 is 0 Å². The van der Waals surface area contributed by atoms with E-state index in [1.165, 1.54) is 0 Å². The summed E-state index contributed by atoms with van der Waals surface area (Å²) in [4.78, 5) is 11.5. The molecule has 109 valence electrons. The smallest absolute Gasteiger partial charge is 0.209 e. The number of hydrogen-bond donors (Lipinski definition) is 0. The standard InChI is InChI=1S/C18H19O3/c1-18(13-19,15-6-10-17(21-3)11-7-15)12-14-4-8-16(20-2)9-5-14/h4-11H,12H2,1-3H3. The van der Waals surface area contributed by atoms with Crippen molar-refractivity contribution in [3.63, 3.8) is 0 Å². The summed E-state index contributed by atoms with van der Waals surface area (Å²) in [5.74, 6) is 1.58. The lowest BCUT2D eigenvalue weighted by Gasteiger charge is -2.23. The molecular weight excluding hydrogens is 264 g/mol. The van der Waals surface area contributed by atoms with Crippen molar-refractivity contribution in [3.05, 3.63) is 59.7 Å². The first-order chi connectivity index (χ1) is 10.1. The Bertz CT molecular complexity index is 587. The van der Waals surface area contributed by atoms with E-state index in [0.29, 0.717) is 6.42 Å². The Morgan fingerprint density at radius 2 is 1.38 bits per heavy atom. The second kappa shape index (κ2) is 6.44. The van der Waals surface area contributed by atoms with Crippen molar-refractivity contribution in [2.45, 2.75) is 18.8 Å². The average Bonchev–Trinajstić information content (AvgIpc) is 2.55. The quantitative estimate of drug-likeness (QED) is 0.816. The summed E-state index contributed by atoms with van der Waals surface area (Å²) in [7, 11) is 3.26. The largest absolute Gasteiger partial charge is 0.497 e. The first-order valence-electron chi connectivity index (χ1n) is 6.78. The van der Waals surface area contributed by atoms with Gasteiger partial charge in [-0.05, 0) is 48.7 Å². The van der Waals surface area contributed by atoms with Gasteiger partial charge in [-0.1, -0.05) is 24.3 Å². The molecule has 0 aliphatic rings. The molecule has 0 saturated heterocycles. The van der Waals surface area contributed by atoms with Crippen LogP contribution in [0.5, 0.6) is 11.5 Å². The third kappa shape index (κ3) is 3.43. The van der Waals surface area contributed by atoms with Crippen LogP contribution < -0.4 is 9.47 Å². The zero-order chi connectivity index (χ0) is 15.3. The van der Waals surface area contributed by atoms with Crippen LogP contribution in [0.15, 0.2) is 48.5 Å². The molecule has 0 amide bonds. The fraction of sp³-hybridized carbons (Fsp3) is 0.278. The molecule has 1 radical (unpaired) electrons. The molecule has 2 aromatic rings. The fourth-order valence-corrected chi connectivity index (χ4v) is 2.31. The minimum atomic E-state index is -0.680. The van der Waals surface area contributed by atoms with Gasteiger partial charge in [-0.3, -0.25) is 4.79 Å². The molecule has 2 aromatic carbocycles. The first kappa shape index (κ1) is 15.1. The van der Waals surface area contributed by atoms with Crippen LogP contribution >= 0.6 is 0 Å². The van der Waals surface area contributed by atoms with Crippen LogP contribution in [0.1, 0.15) is 18.1 Å². The molecule has 0 N–H and O–H groups in total. The third-order valence-corrected chi connectivity index (χ3v) is 3.67. The number of hydrogen-bond acceptors (Lipinski definition) is 3. The predicted octanol–water partition coefficient (Wildman–Crippen LogP) is 3.31. The van der Waals surface area contributed by atoms with Crippen molar-refractivity contribution in [1.29, 1.82) is 0 Å². The average molecular weight is 283 g/mol. The second-order valence-corrected chi connectivity index (χ2v) is 5.19. The maximum atomic E-state index is 11.5. The lowest BCUT2D eigenvalue weighted by Crippen LogP contribution is -2.26. The van der Waals surface area contributed by atoms with Gasteiger partial charge in [0.05, 0.1) is 19.6 Å². The van der Waals surface area contributed by atoms with Crippen molar-refractivity contribution in [1.82, 2.24) is 0 Å². The Kier molecular flexibility index (Phi) is 4.63. The highest BCUT2D eigenvalue weighted by Gasteiger charge is 2.27. The molecule has 0 heterocycles. The predicted molar refractivity (Wildman–Crippen MR) is 82.7 cm³/mol. The van der Waals surface area contributed by atoms with Gasteiger partial charge in [-0.2, -0.15) is 0 Å². The van der Waals surface area contributed by atoms with Crippen LogP contribution in [0.4, 0.5) is 0 Å². The summed E-state index contributed by atoms with van der Waals surface area (Å²) in [6.45, 7) is 1.89. The Morgan fingerprint density at radius 3 is 1.81 bits per heavy atom. The maximum Gasteiger partial charge on any atom is 0.209 e. The molecular formula is C18H19O3. The van der Waals surface area contributed by atoms with E-state index in [9.17, 15) is 4.79 Å². The van der Waals surface area contributed by atoms with Gasteiger partial charge in [0.15, 0.2) is 0 Å². The number of carbonyl (C=O) groups excluding carboxylic acids is 1. The highest BCUT2D eigenvalue weighted by molar-refractivity contribution is 5.69. The molecule has 0 aliphatic heterocycles. The van der Waals surface area contributed by atoms with Crippen molar-refractivity contribution >= 4 is 6.29 Å². The van der Waals surface area contributed by atoms with Gasteiger partial charge < -0.3 is 9.47 Å². The van der Waals surface area contributed by atoms with Gasteiger partial charge in [-0.15, -0.1) is 0 Å². The van der Waals surface area contributed by atoms with E-state index in [2.05, 4.69) is 6.29 Å². The molecule has 1 unspecified atom stereocenters. The van der Waals surface area contributed by atoms with Crippen molar-refractivity contribution in [2.75, 3.05) is 14.2 Å². The van der Waals surface area contributed by atoms with Crippen molar-refractivity contribution < 1.29 is 14.3 Å².